The van der Waals surface area contributed by atoms with Crippen LogP contribution in [0.15, 0.2) is 60.8 Å². The first-order valence-corrected chi connectivity index (χ1v) is 9.52. The van der Waals surface area contributed by atoms with Crippen LogP contribution in [0.3, 0.4) is 0 Å². The molecule has 4 rings (SSSR count). The summed E-state index contributed by atoms with van der Waals surface area (Å²) in [6.07, 6.45) is 1.62. The second-order valence-electron chi connectivity index (χ2n) is 6.10. The van der Waals surface area contributed by atoms with Crippen LogP contribution < -0.4 is 14.2 Å². The lowest BCUT2D eigenvalue weighted by Gasteiger charge is -2.09. The number of methoxy groups -OCH3 is 2. The van der Waals surface area contributed by atoms with Gasteiger partial charge in [-0.05, 0) is 60.2 Å². The molecule has 0 spiro atoms. The van der Waals surface area contributed by atoms with Gasteiger partial charge in [-0.3, -0.25) is 4.98 Å². The number of rotatable bonds is 6. The molecular weight excluding hydrogens is 374 g/mol. The molecule has 2 heterocycles. The van der Waals surface area contributed by atoms with Crippen LogP contribution in [-0.4, -0.2) is 24.3 Å². The van der Waals surface area contributed by atoms with Crippen LogP contribution in [0.25, 0.3) is 20.5 Å². The van der Waals surface area contributed by atoms with Crippen molar-refractivity contribution in [2.75, 3.05) is 14.2 Å². The first-order valence-electron chi connectivity index (χ1n) is 8.70. The summed E-state index contributed by atoms with van der Waals surface area (Å²) >= 11 is 1.64. The summed E-state index contributed by atoms with van der Waals surface area (Å²) in [5.41, 5.74) is 1.64. The van der Waals surface area contributed by atoms with Crippen LogP contribution in [0.2, 0.25) is 0 Å². The van der Waals surface area contributed by atoms with E-state index in [9.17, 15) is 5.11 Å². The van der Waals surface area contributed by atoms with Gasteiger partial charge in [0.2, 0.25) is 0 Å². The van der Waals surface area contributed by atoms with E-state index in [0.29, 0.717) is 11.4 Å². The van der Waals surface area contributed by atoms with E-state index in [1.165, 1.54) is 0 Å². The zero-order valence-electron chi connectivity index (χ0n) is 15.5. The van der Waals surface area contributed by atoms with Gasteiger partial charge in [0.05, 0.1) is 37.6 Å². The lowest BCUT2D eigenvalue weighted by Crippen LogP contribution is -1.91. The molecule has 0 aliphatic heterocycles. The SMILES string of the molecule is COc1ccc(-c2sc3cc(OC)ccc3c2Oc2ccc(CO)nc2)cc1. The smallest absolute Gasteiger partial charge is 0.153 e. The number of ether oxygens (including phenoxy) is 3. The van der Waals surface area contributed by atoms with E-state index in [2.05, 4.69) is 4.98 Å². The van der Waals surface area contributed by atoms with Crippen molar-refractivity contribution < 1.29 is 19.3 Å². The molecule has 0 aliphatic rings. The Morgan fingerprint density at radius 3 is 2.25 bits per heavy atom. The van der Waals surface area contributed by atoms with Crippen LogP contribution in [0.4, 0.5) is 0 Å². The van der Waals surface area contributed by atoms with E-state index >= 15 is 0 Å². The number of hydrogen-bond donors (Lipinski definition) is 1. The third-order valence-corrected chi connectivity index (χ3v) is 5.57. The van der Waals surface area contributed by atoms with Crippen molar-refractivity contribution in [3.05, 3.63) is 66.5 Å². The Labute approximate surface area is 166 Å². The summed E-state index contributed by atoms with van der Waals surface area (Å²) in [4.78, 5) is 5.21. The van der Waals surface area contributed by atoms with E-state index < -0.39 is 0 Å². The molecule has 0 saturated heterocycles. The van der Waals surface area contributed by atoms with Gasteiger partial charge in [0.1, 0.15) is 17.2 Å². The summed E-state index contributed by atoms with van der Waals surface area (Å²) < 4.78 is 17.9. The highest BCUT2D eigenvalue weighted by atomic mass is 32.1. The summed E-state index contributed by atoms with van der Waals surface area (Å²) in [7, 11) is 3.31. The molecule has 28 heavy (non-hydrogen) atoms. The third kappa shape index (κ3) is 3.52. The molecule has 2 aromatic carbocycles. The fourth-order valence-corrected chi connectivity index (χ4v) is 4.06. The van der Waals surface area contributed by atoms with Crippen molar-refractivity contribution in [2.45, 2.75) is 6.61 Å². The molecule has 142 valence electrons. The monoisotopic (exact) mass is 393 g/mol. The molecule has 5 nitrogen and oxygen atoms in total. The Morgan fingerprint density at radius 2 is 1.61 bits per heavy atom. The van der Waals surface area contributed by atoms with Gasteiger partial charge >= 0.3 is 0 Å². The number of fused-ring (bicyclic) bond motifs is 1. The van der Waals surface area contributed by atoms with Gasteiger partial charge in [-0.2, -0.15) is 0 Å². The zero-order valence-corrected chi connectivity index (χ0v) is 16.3. The quantitative estimate of drug-likeness (QED) is 0.484. The van der Waals surface area contributed by atoms with Crippen molar-refractivity contribution in [1.29, 1.82) is 0 Å². The van der Waals surface area contributed by atoms with E-state index in [-0.39, 0.29) is 6.61 Å². The van der Waals surface area contributed by atoms with Gasteiger partial charge in [-0.25, -0.2) is 0 Å². The summed E-state index contributed by atoms with van der Waals surface area (Å²) in [6.45, 7) is -0.0987. The van der Waals surface area contributed by atoms with Crippen LogP contribution >= 0.6 is 11.3 Å². The number of nitrogens with zero attached hydrogens (tertiary/aromatic N) is 1. The van der Waals surface area contributed by atoms with Crippen molar-refractivity contribution in [3.63, 3.8) is 0 Å². The number of aliphatic hydroxyl groups excluding tert-OH is 1. The Kier molecular flexibility index (Phi) is 5.14. The number of aromatic nitrogens is 1. The molecule has 0 unspecified atom stereocenters. The van der Waals surface area contributed by atoms with Crippen molar-refractivity contribution >= 4 is 21.4 Å². The largest absolute Gasteiger partial charge is 0.497 e. The maximum absolute atomic E-state index is 9.19. The molecule has 6 heteroatoms. The highest BCUT2D eigenvalue weighted by Crippen LogP contribution is 2.47. The van der Waals surface area contributed by atoms with Crippen LogP contribution in [0.5, 0.6) is 23.0 Å². The van der Waals surface area contributed by atoms with Crippen LogP contribution in [0, 0.1) is 0 Å². The Hall–Kier alpha value is -3.09. The van der Waals surface area contributed by atoms with Crippen molar-refractivity contribution in [2.24, 2.45) is 0 Å². The molecule has 2 aromatic heterocycles. The van der Waals surface area contributed by atoms with Crippen molar-refractivity contribution in [1.82, 2.24) is 4.98 Å². The summed E-state index contributed by atoms with van der Waals surface area (Å²) in [5, 5.41) is 10.2. The van der Waals surface area contributed by atoms with E-state index in [1.54, 1.807) is 37.8 Å². The lowest BCUT2D eigenvalue weighted by molar-refractivity contribution is 0.276. The van der Waals surface area contributed by atoms with Gasteiger partial charge in [0.15, 0.2) is 5.75 Å². The molecule has 0 fully saturated rings. The first-order chi connectivity index (χ1) is 13.7. The number of thiophene rings is 1. The number of pyridine rings is 1. The minimum absolute atomic E-state index is 0.0987. The first kappa shape index (κ1) is 18.3. The van der Waals surface area contributed by atoms with Crippen LogP contribution in [-0.2, 0) is 6.61 Å². The predicted octanol–water partition coefficient (Wildman–Crippen LogP) is 5.27. The minimum Gasteiger partial charge on any atom is -0.497 e. The van der Waals surface area contributed by atoms with E-state index in [4.69, 9.17) is 14.2 Å². The number of aliphatic hydroxyl groups is 1. The van der Waals surface area contributed by atoms with Gasteiger partial charge in [-0.15, -0.1) is 11.3 Å². The second kappa shape index (κ2) is 7.88. The second-order valence-corrected chi connectivity index (χ2v) is 7.15. The number of benzene rings is 2. The maximum Gasteiger partial charge on any atom is 0.153 e. The van der Waals surface area contributed by atoms with Gasteiger partial charge in [0.25, 0.3) is 0 Å². The molecule has 0 amide bonds. The molecule has 0 bridgehead atoms. The van der Waals surface area contributed by atoms with Gasteiger partial charge in [0, 0.05) is 10.1 Å². The topological polar surface area (TPSA) is 60.8 Å². The molecule has 4 aromatic rings. The lowest BCUT2D eigenvalue weighted by atomic mass is 10.1. The average Bonchev–Trinajstić information content (AvgIpc) is 3.11. The molecule has 1 N–H and O–H groups in total. The Balaban J connectivity index is 1.82. The van der Waals surface area contributed by atoms with Gasteiger partial charge in [-0.1, -0.05) is 0 Å². The predicted molar refractivity (Wildman–Crippen MR) is 111 cm³/mol. The molecule has 0 saturated carbocycles. The Bertz CT molecular complexity index is 1090. The Morgan fingerprint density at radius 1 is 0.893 bits per heavy atom. The van der Waals surface area contributed by atoms with E-state index in [1.807, 2.05) is 48.5 Å². The highest BCUT2D eigenvalue weighted by molar-refractivity contribution is 7.22. The highest BCUT2D eigenvalue weighted by Gasteiger charge is 2.17. The van der Waals surface area contributed by atoms with Crippen LogP contribution in [0.1, 0.15) is 5.69 Å². The summed E-state index contributed by atoms with van der Waals surface area (Å²) in [6, 6.07) is 17.4. The number of hydrogen-bond acceptors (Lipinski definition) is 6. The molecular formula is C22H19NO4S. The zero-order chi connectivity index (χ0) is 19.5. The normalized spacial score (nSPS) is 10.8. The van der Waals surface area contributed by atoms with Gasteiger partial charge < -0.3 is 19.3 Å². The fraction of sp³-hybridized carbons (Fsp3) is 0.136. The molecule has 0 radical (unpaired) electrons. The third-order valence-electron chi connectivity index (χ3n) is 4.38. The van der Waals surface area contributed by atoms with E-state index in [0.717, 1.165) is 37.8 Å². The maximum atomic E-state index is 9.19. The average molecular weight is 393 g/mol. The summed E-state index contributed by atoms with van der Waals surface area (Å²) in [5.74, 6) is 2.99. The standard InChI is InChI=1S/C22H19NO4S/c1-25-16-6-3-14(4-7-16)22-21(27-18-8-5-15(13-24)23-12-18)19-10-9-17(26-2)11-20(19)28-22/h3-12,24H,13H2,1-2H3. The minimum atomic E-state index is -0.0987. The molecule has 0 atom stereocenters. The molecule has 0 aliphatic carbocycles. The fourth-order valence-electron chi connectivity index (χ4n) is 2.90. The van der Waals surface area contributed by atoms with Crippen molar-refractivity contribution in [3.8, 4) is 33.4 Å².